The van der Waals surface area contributed by atoms with E-state index in [1.807, 2.05) is 18.2 Å². The van der Waals surface area contributed by atoms with E-state index in [4.69, 9.17) is 9.47 Å². The highest BCUT2D eigenvalue weighted by Crippen LogP contribution is 2.15. The first-order valence-corrected chi connectivity index (χ1v) is 10.4. The van der Waals surface area contributed by atoms with E-state index in [-0.39, 0.29) is 0 Å². The number of hydrogen-bond donors (Lipinski definition) is 1. The molecular weight excluding hydrogens is 336 g/mol. The van der Waals surface area contributed by atoms with Crippen molar-refractivity contribution < 1.29 is 9.47 Å². The van der Waals surface area contributed by atoms with Gasteiger partial charge in [0.15, 0.2) is 0 Å². The number of ether oxygens (including phenoxy) is 2. The van der Waals surface area contributed by atoms with Gasteiger partial charge in [0, 0.05) is 6.61 Å². The Morgan fingerprint density at radius 1 is 0.917 bits per heavy atom. The molecule has 24 heavy (non-hydrogen) atoms. The lowest BCUT2D eigenvalue weighted by Gasteiger charge is -2.13. The third-order valence-corrected chi connectivity index (χ3v) is 4.44. The molecule has 0 bridgehead atoms. The quantitative estimate of drug-likeness (QED) is 0.246. The Hall–Kier alpha value is -0.940. The standard InChI is InChI=1S/C20H26O2S2/c1-17(10-11-21-14-18-6-3-2-4-7-18)12-19-8-5-9-20(13-19)15-22-16-24-23/h2-9,13,17,23H,10-12,14-16H2,1H3. The van der Waals surface area contributed by atoms with Crippen molar-refractivity contribution in [3.05, 3.63) is 71.3 Å². The summed E-state index contributed by atoms with van der Waals surface area (Å²) in [5, 5.41) is 0. The Morgan fingerprint density at radius 3 is 2.42 bits per heavy atom. The van der Waals surface area contributed by atoms with Gasteiger partial charge in [-0.25, -0.2) is 0 Å². The molecule has 0 aliphatic heterocycles. The molecule has 0 N–H and O–H groups in total. The molecule has 0 aliphatic carbocycles. The summed E-state index contributed by atoms with van der Waals surface area (Å²) in [7, 11) is 1.40. The Balaban J connectivity index is 1.68. The van der Waals surface area contributed by atoms with Gasteiger partial charge in [-0.1, -0.05) is 72.3 Å². The SMILES string of the molecule is CC(CCOCc1ccccc1)Cc1cccc(COCSS)c1. The van der Waals surface area contributed by atoms with Gasteiger partial charge >= 0.3 is 0 Å². The number of hydrogen-bond acceptors (Lipinski definition) is 4. The van der Waals surface area contributed by atoms with Crippen molar-refractivity contribution >= 4 is 22.5 Å². The molecule has 2 nitrogen and oxygen atoms in total. The summed E-state index contributed by atoms with van der Waals surface area (Å²) >= 11 is 4.08. The van der Waals surface area contributed by atoms with Crippen LogP contribution < -0.4 is 0 Å². The van der Waals surface area contributed by atoms with Crippen LogP contribution in [0.5, 0.6) is 0 Å². The smallest absolute Gasteiger partial charge is 0.102 e. The summed E-state index contributed by atoms with van der Waals surface area (Å²) in [5.41, 5.74) is 3.82. The van der Waals surface area contributed by atoms with Gasteiger partial charge in [-0.3, -0.25) is 0 Å². The summed E-state index contributed by atoms with van der Waals surface area (Å²) in [5.74, 6) is 1.22. The lowest BCUT2D eigenvalue weighted by atomic mass is 9.97. The van der Waals surface area contributed by atoms with Gasteiger partial charge in [-0.2, -0.15) is 0 Å². The summed E-state index contributed by atoms with van der Waals surface area (Å²) in [6.45, 7) is 4.43. The molecule has 0 heterocycles. The van der Waals surface area contributed by atoms with E-state index >= 15 is 0 Å². The first kappa shape index (κ1) is 19.4. The Kier molecular flexibility index (Phi) is 9.36. The maximum atomic E-state index is 5.79. The molecule has 0 spiro atoms. The van der Waals surface area contributed by atoms with Crippen LogP contribution in [0.15, 0.2) is 54.6 Å². The van der Waals surface area contributed by atoms with Crippen molar-refractivity contribution in [2.24, 2.45) is 5.92 Å². The normalized spacial score (nSPS) is 12.2. The molecule has 0 amide bonds. The minimum absolute atomic E-state index is 0.602. The highest BCUT2D eigenvalue weighted by Gasteiger charge is 2.05. The van der Waals surface area contributed by atoms with Crippen LogP contribution in [0.25, 0.3) is 0 Å². The summed E-state index contributed by atoms with van der Waals surface area (Å²) in [4.78, 5) is 0. The largest absolute Gasteiger partial charge is 0.377 e. The van der Waals surface area contributed by atoms with Crippen LogP contribution >= 0.6 is 22.5 Å². The minimum atomic E-state index is 0.602. The van der Waals surface area contributed by atoms with Crippen LogP contribution in [0.3, 0.4) is 0 Å². The second-order valence-electron chi connectivity index (χ2n) is 6.05. The lowest BCUT2D eigenvalue weighted by Crippen LogP contribution is -2.05. The van der Waals surface area contributed by atoms with E-state index in [1.165, 1.54) is 27.5 Å². The maximum absolute atomic E-state index is 5.79. The van der Waals surface area contributed by atoms with E-state index in [2.05, 4.69) is 55.0 Å². The molecule has 0 fully saturated rings. The van der Waals surface area contributed by atoms with Crippen molar-refractivity contribution in [1.29, 1.82) is 0 Å². The van der Waals surface area contributed by atoms with Gasteiger partial charge < -0.3 is 9.47 Å². The van der Waals surface area contributed by atoms with Gasteiger partial charge in [0.2, 0.25) is 0 Å². The Labute approximate surface area is 154 Å². The Bertz CT molecular complexity index is 575. The molecule has 130 valence electrons. The molecule has 0 saturated carbocycles. The molecular formula is C20H26O2S2. The zero-order chi connectivity index (χ0) is 17.0. The van der Waals surface area contributed by atoms with Crippen LogP contribution in [0.4, 0.5) is 0 Å². The van der Waals surface area contributed by atoms with Gasteiger partial charge in [0.05, 0.1) is 13.2 Å². The summed E-state index contributed by atoms with van der Waals surface area (Å²) < 4.78 is 11.3. The van der Waals surface area contributed by atoms with Crippen LogP contribution in [-0.4, -0.2) is 12.5 Å². The monoisotopic (exact) mass is 362 g/mol. The Morgan fingerprint density at radius 2 is 1.62 bits per heavy atom. The number of benzene rings is 2. The van der Waals surface area contributed by atoms with Gasteiger partial charge in [0.1, 0.15) is 5.94 Å². The topological polar surface area (TPSA) is 18.5 Å². The van der Waals surface area contributed by atoms with Gasteiger partial charge in [-0.05, 0) is 35.4 Å². The van der Waals surface area contributed by atoms with E-state index < -0.39 is 0 Å². The molecule has 1 unspecified atom stereocenters. The molecule has 0 saturated heterocycles. The second kappa shape index (κ2) is 11.6. The fraction of sp³-hybridized carbons (Fsp3) is 0.400. The average molecular weight is 363 g/mol. The molecule has 4 heteroatoms. The predicted octanol–water partition coefficient (Wildman–Crippen LogP) is 5.52. The summed E-state index contributed by atoms with van der Waals surface area (Å²) in [6.07, 6.45) is 2.15. The molecule has 2 aromatic carbocycles. The first-order valence-electron chi connectivity index (χ1n) is 8.31. The number of rotatable bonds is 11. The first-order chi connectivity index (χ1) is 11.8. The fourth-order valence-corrected chi connectivity index (χ4v) is 2.98. The van der Waals surface area contributed by atoms with Crippen molar-refractivity contribution in [1.82, 2.24) is 0 Å². The molecule has 2 aromatic rings. The van der Waals surface area contributed by atoms with Gasteiger partial charge in [-0.15, -0.1) is 11.7 Å². The zero-order valence-electron chi connectivity index (χ0n) is 14.2. The lowest BCUT2D eigenvalue weighted by molar-refractivity contribution is 0.109. The fourth-order valence-electron chi connectivity index (χ4n) is 2.60. The van der Waals surface area contributed by atoms with Crippen LogP contribution in [0.1, 0.15) is 30.0 Å². The molecule has 0 aromatic heterocycles. The van der Waals surface area contributed by atoms with Crippen molar-refractivity contribution in [3.63, 3.8) is 0 Å². The van der Waals surface area contributed by atoms with Crippen molar-refractivity contribution in [3.8, 4) is 0 Å². The predicted molar refractivity (Wildman–Crippen MR) is 106 cm³/mol. The maximum Gasteiger partial charge on any atom is 0.102 e. The summed E-state index contributed by atoms with van der Waals surface area (Å²) in [6, 6.07) is 19.0. The van der Waals surface area contributed by atoms with E-state index in [9.17, 15) is 0 Å². The zero-order valence-corrected chi connectivity index (χ0v) is 15.9. The molecule has 0 aliphatic rings. The molecule has 1 atom stereocenters. The van der Waals surface area contributed by atoms with Crippen LogP contribution in [-0.2, 0) is 29.1 Å². The minimum Gasteiger partial charge on any atom is -0.377 e. The van der Waals surface area contributed by atoms with E-state index in [1.54, 1.807) is 0 Å². The van der Waals surface area contributed by atoms with Gasteiger partial charge in [0.25, 0.3) is 0 Å². The molecule has 0 radical (unpaired) electrons. The van der Waals surface area contributed by atoms with E-state index in [0.29, 0.717) is 25.1 Å². The third kappa shape index (κ3) is 7.75. The third-order valence-electron chi connectivity index (χ3n) is 3.85. The van der Waals surface area contributed by atoms with Crippen LogP contribution in [0, 0.1) is 5.92 Å². The van der Waals surface area contributed by atoms with Crippen molar-refractivity contribution in [2.45, 2.75) is 33.0 Å². The highest BCUT2D eigenvalue weighted by atomic mass is 33.1. The van der Waals surface area contributed by atoms with E-state index in [0.717, 1.165) is 19.4 Å². The average Bonchev–Trinajstić information content (AvgIpc) is 2.60. The number of thiol groups is 1. The second-order valence-corrected chi connectivity index (χ2v) is 7.32. The van der Waals surface area contributed by atoms with Crippen LogP contribution in [0.2, 0.25) is 0 Å². The molecule has 2 rings (SSSR count). The van der Waals surface area contributed by atoms with Crippen molar-refractivity contribution in [2.75, 3.05) is 12.5 Å². The highest BCUT2D eigenvalue weighted by molar-refractivity contribution is 8.68.